The lowest BCUT2D eigenvalue weighted by molar-refractivity contribution is 0.0602. The van der Waals surface area contributed by atoms with E-state index in [1.165, 1.54) is 223 Å². The fraction of sp³-hybridized carbons (Fsp3) is 0.942. The molecule has 0 radical (unpaired) electrons. The highest BCUT2D eigenvalue weighted by Gasteiger charge is 2.33. The zero-order valence-corrected chi connectivity index (χ0v) is 70.3. The SMILES string of the molecule is CCC[Si](C)(C)CCC[Si](C)(CCCCOC1=CC(OCCCC[Si](C)(CCC[Si](C)(C)CCCN)CCC[Si](C)(C)CCCN)CC(OCCCC[Si](C)(CCC[Si](C)(C)CCCN)CCC[Si](C)(C)CCCN)=C1)CCC[Si](C)(C)CCCN. The van der Waals surface area contributed by atoms with Gasteiger partial charge in [-0.1, -0.05) is 296 Å². The van der Waals surface area contributed by atoms with Crippen molar-refractivity contribution < 1.29 is 14.2 Å². The summed E-state index contributed by atoms with van der Waals surface area (Å²) in [6.45, 7) is 48.8. The summed E-state index contributed by atoms with van der Waals surface area (Å²) in [7, 11) is -11.1. The minimum absolute atomic E-state index is 0.00918. The summed E-state index contributed by atoms with van der Waals surface area (Å²) in [6, 6.07) is 30.6. The molecule has 86 heavy (non-hydrogen) atoms. The molecular formula is C69H157N5O3Si9. The van der Waals surface area contributed by atoms with E-state index in [4.69, 9.17) is 42.9 Å². The van der Waals surface area contributed by atoms with Gasteiger partial charge in [0.1, 0.15) is 11.5 Å². The molecule has 10 N–H and O–H groups in total. The van der Waals surface area contributed by atoms with Crippen LogP contribution in [-0.2, 0) is 14.2 Å². The van der Waals surface area contributed by atoms with E-state index in [1.54, 1.807) is 0 Å². The highest BCUT2D eigenvalue weighted by Crippen LogP contribution is 2.37. The summed E-state index contributed by atoms with van der Waals surface area (Å²) in [5.74, 6) is 2.06. The molecule has 0 saturated heterocycles. The van der Waals surface area contributed by atoms with Gasteiger partial charge in [-0.25, -0.2) is 0 Å². The van der Waals surface area contributed by atoms with Crippen molar-refractivity contribution in [1.82, 2.24) is 0 Å². The summed E-state index contributed by atoms with van der Waals surface area (Å²) in [5, 5.41) is 0. The van der Waals surface area contributed by atoms with Gasteiger partial charge in [0.15, 0.2) is 0 Å². The van der Waals surface area contributed by atoms with Crippen molar-refractivity contribution in [3.8, 4) is 0 Å². The molecule has 0 fully saturated rings. The van der Waals surface area contributed by atoms with Gasteiger partial charge in [0.05, 0.1) is 43.5 Å². The topological polar surface area (TPSA) is 158 Å². The third-order valence-corrected chi connectivity index (χ3v) is 56.2. The molecule has 0 aromatic rings. The normalized spacial score (nSPS) is 15.9. The molecule has 0 amide bonds. The Bertz CT molecular complexity index is 1720. The number of hydrogen-bond donors (Lipinski definition) is 5. The number of unbranched alkanes of at least 4 members (excludes halogenated alkanes) is 3. The number of allylic oxidation sites excluding steroid dienone is 1. The van der Waals surface area contributed by atoms with Crippen molar-refractivity contribution in [2.24, 2.45) is 28.7 Å². The molecule has 0 saturated carbocycles. The molecule has 8 nitrogen and oxygen atoms in total. The van der Waals surface area contributed by atoms with Gasteiger partial charge in [-0.3, -0.25) is 0 Å². The van der Waals surface area contributed by atoms with Crippen LogP contribution < -0.4 is 28.7 Å². The van der Waals surface area contributed by atoms with Crippen LogP contribution in [-0.4, -0.2) is 131 Å². The molecule has 512 valence electrons. The van der Waals surface area contributed by atoms with Crippen LogP contribution in [0.5, 0.6) is 0 Å². The van der Waals surface area contributed by atoms with E-state index in [2.05, 4.69) is 117 Å². The van der Waals surface area contributed by atoms with E-state index in [9.17, 15) is 0 Å². The summed E-state index contributed by atoms with van der Waals surface area (Å²) < 4.78 is 20.5. The maximum atomic E-state index is 6.89. The third kappa shape index (κ3) is 43.6. The second-order valence-electron chi connectivity index (χ2n) is 34.6. The number of hydrogen-bond acceptors (Lipinski definition) is 8. The van der Waals surface area contributed by atoms with Crippen LogP contribution >= 0.6 is 0 Å². The number of nitrogens with two attached hydrogens (primary N) is 5. The van der Waals surface area contributed by atoms with Crippen LogP contribution in [0.2, 0.25) is 225 Å². The molecule has 1 rings (SSSR count). The lowest BCUT2D eigenvalue weighted by Crippen LogP contribution is -2.33. The van der Waals surface area contributed by atoms with Gasteiger partial charge in [-0.2, -0.15) is 0 Å². The molecule has 2 atom stereocenters. The molecule has 0 spiro atoms. The average molecular weight is 1360 g/mol. The first-order valence-electron chi connectivity index (χ1n) is 37.1. The zero-order valence-electron chi connectivity index (χ0n) is 61.3. The second kappa shape index (κ2) is 45.2. The highest BCUT2D eigenvalue weighted by molar-refractivity contribution is 6.82. The fourth-order valence-electron chi connectivity index (χ4n) is 15.0. The average Bonchev–Trinajstić information content (AvgIpc) is 3.39. The van der Waals surface area contributed by atoms with Gasteiger partial charge in [0.2, 0.25) is 0 Å². The lowest BCUT2D eigenvalue weighted by Gasteiger charge is -2.31. The monoisotopic (exact) mass is 1360 g/mol. The van der Waals surface area contributed by atoms with Crippen LogP contribution in [0.3, 0.4) is 0 Å². The summed E-state index contributed by atoms with van der Waals surface area (Å²) in [6.07, 6.45) is 28.7. The smallest absolute Gasteiger partial charge is 0.121 e. The standard InChI is InChI=1S/C69H157N5O3Si9/c1-17-43-78(2,3)49-29-58-84(14,59-30-50-79(4,5)44-24-35-70)55-21-18-40-75-67-64-68(76-41-19-22-56-85(15,60-31-51-80(6,7)45-25-36-71)61-32-52-81(8,9)46-26-37-72)66-69(65-67)77-42-20-23-57-86(16,62-33-53-82(10,11)47-27-38-73)63-34-54-83(12,13)48-28-39-74/h64-65,68H,17-63,66,70-74H2,1-16H3. The zero-order chi connectivity index (χ0) is 64.7. The van der Waals surface area contributed by atoms with E-state index in [-0.39, 0.29) is 6.10 Å². The lowest BCUT2D eigenvalue weighted by atomic mass is 10.1. The van der Waals surface area contributed by atoms with Gasteiger partial charge in [0.25, 0.3) is 0 Å². The Morgan fingerprint density at radius 1 is 0.314 bits per heavy atom. The van der Waals surface area contributed by atoms with Gasteiger partial charge >= 0.3 is 0 Å². The number of rotatable bonds is 59. The molecule has 1 aliphatic rings. The minimum Gasteiger partial charge on any atom is -0.498 e. The summed E-state index contributed by atoms with van der Waals surface area (Å²) in [4.78, 5) is 0. The predicted octanol–water partition coefficient (Wildman–Crippen LogP) is 20.9. The first kappa shape index (κ1) is 84.8. The molecular weight excluding hydrogens is 1200 g/mol. The van der Waals surface area contributed by atoms with Crippen LogP contribution in [0.4, 0.5) is 0 Å². The van der Waals surface area contributed by atoms with Gasteiger partial charge in [0, 0.05) is 67.5 Å². The van der Waals surface area contributed by atoms with Gasteiger partial charge in [-0.05, 0) is 90.2 Å². The Labute approximate surface area is 548 Å². The Hall–Kier alpha value is 0.792. The molecule has 1 aliphatic carbocycles. The van der Waals surface area contributed by atoms with Crippen molar-refractivity contribution in [2.75, 3.05) is 52.5 Å². The van der Waals surface area contributed by atoms with Crippen molar-refractivity contribution in [3.05, 3.63) is 23.7 Å². The first-order valence-corrected chi connectivity index (χ1v) is 67.0. The molecule has 0 bridgehead atoms. The van der Waals surface area contributed by atoms with Crippen LogP contribution in [0.1, 0.15) is 129 Å². The van der Waals surface area contributed by atoms with E-state index in [0.29, 0.717) is 0 Å². The fourth-order valence-corrected chi connectivity index (χ4v) is 44.3. The van der Waals surface area contributed by atoms with Crippen molar-refractivity contribution in [2.45, 2.75) is 360 Å². The van der Waals surface area contributed by atoms with Crippen LogP contribution in [0, 0.1) is 0 Å². The number of ether oxygens (including phenoxy) is 3. The third-order valence-electron chi connectivity index (χ3n) is 21.5. The van der Waals surface area contributed by atoms with Crippen molar-refractivity contribution in [3.63, 3.8) is 0 Å². The van der Waals surface area contributed by atoms with E-state index < -0.39 is 72.7 Å². The van der Waals surface area contributed by atoms with Crippen molar-refractivity contribution >= 4 is 72.7 Å². The Morgan fingerprint density at radius 2 is 0.570 bits per heavy atom. The van der Waals surface area contributed by atoms with E-state index >= 15 is 0 Å². The Balaban J connectivity index is 3.25. The van der Waals surface area contributed by atoms with Gasteiger partial charge < -0.3 is 42.9 Å². The quantitative estimate of drug-likeness (QED) is 0.0298. The van der Waals surface area contributed by atoms with Crippen LogP contribution in [0.15, 0.2) is 23.7 Å². The summed E-state index contributed by atoms with van der Waals surface area (Å²) in [5.41, 5.74) is 29.9. The highest BCUT2D eigenvalue weighted by atomic mass is 28.3. The predicted molar refractivity (Wildman–Crippen MR) is 417 cm³/mol. The molecule has 17 heteroatoms. The molecule has 0 aromatic heterocycles. The van der Waals surface area contributed by atoms with E-state index in [0.717, 1.165) is 89.7 Å². The second-order valence-corrected chi connectivity index (χ2v) is 81.9. The molecule has 0 aliphatic heterocycles. The Morgan fingerprint density at radius 3 is 0.860 bits per heavy atom. The first-order chi connectivity index (χ1) is 40.3. The summed E-state index contributed by atoms with van der Waals surface area (Å²) >= 11 is 0. The molecule has 2 unspecified atom stereocenters. The maximum Gasteiger partial charge on any atom is 0.121 e. The van der Waals surface area contributed by atoms with Gasteiger partial charge in [-0.15, -0.1) is 0 Å². The Kier molecular flexibility index (Phi) is 44.6. The van der Waals surface area contributed by atoms with E-state index in [1.807, 2.05) is 0 Å². The molecule has 0 heterocycles. The molecule has 0 aromatic carbocycles. The van der Waals surface area contributed by atoms with Crippen molar-refractivity contribution in [1.29, 1.82) is 0 Å². The van der Waals surface area contributed by atoms with Crippen LogP contribution in [0.25, 0.3) is 0 Å². The minimum atomic E-state index is -1.39. The largest absolute Gasteiger partial charge is 0.498 e. The maximum absolute atomic E-state index is 6.89.